The van der Waals surface area contributed by atoms with Gasteiger partial charge in [0, 0.05) is 40.6 Å². The maximum absolute atomic E-state index is 14.5. The van der Waals surface area contributed by atoms with Crippen LogP contribution >= 0.6 is 0 Å². The Balaban J connectivity index is 0.00000216. The standard InChI is InChI=1S/C21H21F2N7O2S.3H2/c1-11(2)18(13-6-5-12(22)9-14(13)23)27-16-10-15(26-21(28-16)33(3,31)32)17-19(24)29-30-8-4-7-25-20(17)30;;;/h4-11,18H,1-3H3,(H2,24,29)(H,26,27,28);3*1H/t18-;;;/m1.../s1. The SMILES string of the molecule is CC(C)[C@@H](Nc1cc(-c2c(N)nn3cccnc23)nc(S(C)(=O)=O)n1)c1ccc(F)cc1F.[HH].[HH].[HH]. The first-order valence-corrected chi connectivity index (χ1v) is 11.8. The third kappa shape index (κ3) is 4.46. The molecule has 33 heavy (non-hydrogen) atoms. The molecule has 0 aliphatic heterocycles. The van der Waals surface area contributed by atoms with Crippen LogP contribution in [-0.4, -0.2) is 39.2 Å². The molecule has 9 nitrogen and oxygen atoms in total. The number of nitrogens with one attached hydrogen (secondary N) is 1. The summed E-state index contributed by atoms with van der Waals surface area (Å²) in [4.78, 5) is 12.6. The zero-order valence-corrected chi connectivity index (χ0v) is 18.8. The van der Waals surface area contributed by atoms with Crippen molar-refractivity contribution in [1.29, 1.82) is 0 Å². The second-order valence-electron chi connectivity index (χ2n) is 7.87. The number of rotatable bonds is 6. The number of anilines is 2. The highest BCUT2D eigenvalue weighted by molar-refractivity contribution is 7.90. The summed E-state index contributed by atoms with van der Waals surface area (Å²) in [7, 11) is -3.81. The minimum absolute atomic E-state index is 0. The van der Waals surface area contributed by atoms with Crippen LogP contribution in [0.2, 0.25) is 0 Å². The zero-order valence-electron chi connectivity index (χ0n) is 18.0. The number of fused-ring (bicyclic) bond motifs is 1. The second-order valence-corrected chi connectivity index (χ2v) is 9.78. The monoisotopic (exact) mass is 479 g/mol. The van der Waals surface area contributed by atoms with Crippen LogP contribution in [0.4, 0.5) is 20.4 Å². The van der Waals surface area contributed by atoms with Gasteiger partial charge in [-0.05, 0) is 18.1 Å². The van der Waals surface area contributed by atoms with Gasteiger partial charge in [0.2, 0.25) is 15.0 Å². The van der Waals surface area contributed by atoms with Gasteiger partial charge >= 0.3 is 0 Å². The predicted molar refractivity (Wildman–Crippen MR) is 125 cm³/mol. The lowest BCUT2D eigenvalue weighted by Crippen LogP contribution is -2.20. The quantitative estimate of drug-likeness (QED) is 0.397. The number of nitrogens with zero attached hydrogens (tertiary/aromatic N) is 5. The molecule has 0 aliphatic carbocycles. The van der Waals surface area contributed by atoms with Crippen LogP contribution in [0.15, 0.2) is 47.9 Å². The Bertz CT molecular complexity index is 1470. The molecule has 0 radical (unpaired) electrons. The van der Waals surface area contributed by atoms with E-state index in [-0.39, 0.29) is 33.1 Å². The predicted octanol–water partition coefficient (Wildman–Crippen LogP) is 4.00. The molecule has 0 saturated heterocycles. The molecule has 0 amide bonds. The van der Waals surface area contributed by atoms with E-state index in [1.165, 1.54) is 16.6 Å². The number of nitrogens with two attached hydrogens (primary N) is 1. The number of aromatic nitrogens is 5. The van der Waals surface area contributed by atoms with E-state index in [1.807, 2.05) is 13.8 Å². The molecule has 1 aromatic carbocycles. The Morgan fingerprint density at radius 2 is 1.94 bits per heavy atom. The molecule has 1 atom stereocenters. The Labute approximate surface area is 193 Å². The van der Waals surface area contributed by atoms with Crippen LogP contribution in [0.25, 0.3) is 16.9 Å². The van der Waals surface area contributed by atoms with Crippen molar-refractivity contribution in [1.82, 2.24) is 24.6 Å². The van der Waals surface area contributed by atoms with Crippen LogP contribution in [-0.2, 0) is 9.84 Å². The molecular weight excluding hydrogens is 452 g/mol. The molecule has 4 rings (SSSR count). The highest BCUT2D eigenvalue weighted by atomic mass is 32.2. The first-order valence-electron chi connectivity index (χ1n) is 9.94. The fraction of sp³-hybridized carbons (Fsp3) is 0.238. The highest BCUT2D eigenvalue weighted by Gasteiger charge is 2.24. The van der Waals surface area contributed by atoms with Crippen molar-refractivity contribution in [2.45, 2.75) is 25.0 Å². The van der Waals surface area contributed by atoms with Crippen molar-refractivity contribution in [3.05, 3.63) is 59.9 Å². The third-order valence-corrected chi connectivity index (χ3v) is 5.83. The number of nitrogen functional groups attached to an aromatic ring is 1. The number of halogens is 2. The van der Waals surface area contributed by atoms with E-state index in [4.69, 9.17) is 5.73 Å². The van der Waals surface area contributed by atoms with Crippen LogP contribution in [0.1, 0.15) is 29.7 Å². The molecule has 0 unspecified atom stereocenters. The van der Waals surface area contributed by atoms with Gasteiger partial charge in [0.15, 0.2) is 11.5 Å². The van der Waals surface area contributed by atoms with Gasteiger partial charge in [-0.2, -0.15) is 0 Å². The molecule has 3 N–H and O–H groups in total. The highest BCUT2D eigenvalue weighted by Crippen LogP contribution is 2.32. The molecule has 12 heteroatoms. The summed E-state index contributed by atoms with van der Waals surface area (Å²) in [6.07, 6.45) is 4.17. The minimum atomic E-state index is -3.81. The van der Waals surface area contributed by atoms with Crippen LogP contribution in [0, 0.1) is 17.6 Å². The molecule has 3 aromatic heterocycles. The first kappa shape index (κ1) is 22.5. The fourth-order valence-corrected chi connectivity index (χ4v) is 3.99. The lowest BCUT2D eigenvalue weighted by atomic mass is 9.95. The molecule has 0 spiro atoms. The van der Waals surface area contributed by atoms with Crippen LogP contribution in [0.3, 0.4) is 0 Å². The molecule has 0 bridgehead atoms. The second kappa shape index (κ2) is 8.35. The topological polar surface area (TPSA) is 128 Å². The average molecular weight is 480 g/mol. The lowest BCUT2D eigenvalue weighted by molar-refractivity contribution is 0.501. The Kier molecular flexibility index (Phi) is 5.70. The van der Waals surface area contributed by atoms with E-state index in [2.05, 4.69) is 25.4 Å². The fourth-order valence-electron chi connectivity index (χ4n) is 3.46. The molecule has 0 aliphatic rings. The zero-order chi connectivity index (χ0) is 23.9. The van der Waals surface area contributed by atoms with Gasteiger partial charge in [-0.1, -0.05) is 19.9 Å². The van der Waals surface area contributed by atoms with E-state index >= 15 is 0 Å². The van der Waals surface area contributed by atoms with E-state index in [1.54, 1.807) is 18.5 Å². The average Bonchev–Trinajstić information content (AvgIpc) is 3.07. The molecular formula is C21H27F2N7O2S. The van der Waals surface area contributed by atoms with E-state index in [0.29, 0.717) is 11.2 Å². The number of sulfone groups is 1. The van der Waals surface area contributed by atoms with Crippen molar-refractivity contribution in [3.8, 4) is 11.3 Å². The number of hydrogen-bond acceptors (Lipinski definition) is 8. The van der Waals surface area contributed by atoms with E-state index < -0.39 is 32.7 Å². The van der Waals surface area contributed by atoms with Gasteiger partial charge in [-0.15, -0.1) is 5.10 Å². The van der Waals surface area contributed by atoms with E-state index in [9.17, 15) is 17.2 Å². The smallest absolute Gasteiger partial charge is 0.249 e. The summed E-state index contributed by atoms with van der Waals surface area (Å²) in [5, 5.41) is 6.81. The summed E-state index contributed by atoms with van der Waals surface area (Å²) in [6, 6.07) is 5.82. The van der Waals surface area contributed by atoms with Crippen LogP contribution in [0.5, 0.6) is 0 Å². The molecule has 178 valence electrons. The molecule has 3 heterocycles. The van der Waals surface area contributed by atoms with Gasteiger partial charge in [-0.3, -0.25) is 0 Å². The largest absolute Gasteiger partial charge is 0.382 e. The first-order chi connectivity index (χ1) is 15.5. The van der Waals surface area contributed by atoms with Crippen molar-refractivity contribution in [2.75, 3.05) is 17.3 Å². The number of hydrogen-bond donors (Lipinski definition) is 2. The normalized spacial score (nSPS) is 12.9. The van der Waals surface area contributed by atoms with Gasteiger partial charge in [0.05, 0.1) is 17.3 Å². The van der Waals surface area contributed by atoms with Gasteiger partial charge in [-0.25, -0.2) is 36.7 Å². The summed E-state index contributed by atoms with van der Waals surface area (Å²) < 4.78 is 54.0. The van der Waals surface area contributed by atoms with Crippen molar-refractivity contribution >= 4 is 27.1 Å². The maximum Gasteiger partial charge on any atom is 0.249 e. The summed E-state index contributed by atoms with van der Waals surface area (Å²) in [5.41, 5.74) is 7.19. The number of benzene rings is 1. The Morgan fingerprint density at radius 1 is 1.18 bits per heavy atom. The molecule has 0 saturated carbocycles. The third-order valence-electron chi connectivity index (χ3n) is 4.98. The van der Waals surface area contributed by atoms with Crippen molar-refractivity contribution < 1.29 is 21.5 Å². The van der Waals surface area contributed by atoms with Gasteiger partial charge in [0.25, 0.3) is 0 Å². The molecule has 4 aromatic rings. The van der Waals surface area contributed by atoms with Gasteiger partial charge < -0.3 is 11.1 Å². The summed E-state index contributed by atoms with van der Waals surface area (Å²) in [5.74, 6) is -1.36. The molecule has 0 fully saturated rings. The van der Waals surface area contributed by atoms with Crippen LogP contribution < -0.4 is 11.1 Å². The summed E-state index contributed by atoms with van der Waals surface area (Å²) >= 11 is 0. The van der Waals surface area contributed by atoms with Crippen molar-refractivity contribution in [2.24, 2.45) is 5.92 Å². The minimum Gasteiger partial charge on any atom is -0.382 e. The Morgan fingerprint density at radius 3 is 2.61 bits per heavy atom. The maximum atomic E-state index is 14.5. The lowest BCUT2D eigenvalue weighted by Gasteiger charge is -2.24. The van der Waals surface area contributed by atoms with Gasteiger partial charge in [0.1, 0.15) is 17.5 Å². The summed E-state index contributed by atoms with van der Waals surface area (Å²) in [6.45, 7) is 3.68. The van der Waals surface area contributed by atoms with E-state index in [0.717, 1.165) is 18.4 Å². The Hall–Kier alpha value is -3.67. The van der Waals surface area contributed by atoms with Crippen molar-refractivity contribution in [3.63, 3.8) is 0 Å².